The topological polar surface area (TPSA) is 71.1 Å². The molecule has 0 radical (unpaired) electrons. The number of nitrogens with one attached hydrogen (secondary N) is 1. The van der Waals surface area contributed by atoms with Crippen LogP contribution in [-0.4, -0.2) is 40.5 Å². The van der Waals surface area contributed by atoms with Crippen molar-refractivity contribution in [2.24, 2.45) is 0 Å². The number of nitrogens with zero attached hydrogens (tertiary/aromatic N) is 3. The van der Waals surface area contributed by atoms with Gasteiger partial charge < -0.3 is 9.64 Å². The van der Waals surface area contributed by atoms with E-state index in [1.54, 1.807) is 7.11 Å². The van der Waals surface area contributed by atoms with E-state index in [-0.39, 0.29) is 5.91 Å². The van der Waals surface area contributed by atoms with Crippen LogP contribution in [0.15, 0.2) is 53.7 Å². The lowest BCUT2D eigenvalue weighted by molar-refractivity contribution is -0.116. The number of methoxy groups -OCH3 is 1. The van der Waals surface area contributed by atoms with Crippen molar-refractivity contribution in [3.63, 3.8) is 0 Å². The molecule has 1 N–H and O–H groups in total. The van der Waals surface area contributed by atoms with Crippen molar-refractivity contribution < 1.29 is 9.53 Å². The maximum Gasteiger partial charge on any atom is 0.237 e. The lowest BCUT2D eigenvalue weighted by Gasteiger charge is -2.16. The van der Waals surface area contributed by atoms with Gasteiger partial charge in [0, 0.05) is 12.2 Å². The van der Waals surface area contributed by atoms with E-state index in [0.717, 1.165) is 30.0 Å². The fourth-order valence-electron chi connectivity index (χ4n) is 3.07. The van der Waals surface area contributed by atoms with E-state index in [0.29, 0.717) is 16.7 Å². The molecule has 132 valence electrons. The fraction of sp³-hybridized carbons (Fsp3) is 0.211. The minimum Gasteiger partial charge on any atom is -0.496 e. The number of hydrogen-bond acceptors (Lipinski definition) is 5. The van der Waals surface area contributed by atoms with Crippen molar-refractivity contribution in [1.29, 1.82) is 0 Å². The Balaban J connectivity index is 1.43. The maximum atomic E-state index is 12.6. The first-order valence-electron chi connectivity index (χ1n) is 8.33. The molecule has 0 bridgehead atoms. The number of para-hydroxylation sites is 2. The summed E-state index contributed by atoms with van der Waals surface area (Å²) in [6, 6.07) is 15.7. The van der Waals surface area contributed by atoms with E-state index in [1.807, 2.05) is 47.4 Å². The summed E-state index contributed by atoms with van der Waals surface area (Å²) >= 11 is 1.33. The molecule has 1 aliphatic heterocycles. The van der Waals surface area contributed by atoms with E-state index in [2.05, 4.69) is 21.2 Å². The van der Waals surface area contributed by atoms with Crippen molar-refractivity contribution in [3.05, 3.63) is 54.1 Å². The van der Waals surface area contributed by atoms with Gasteiger partial charge in [0.1, 0.15) is 5.75 Å². The van der Waals surface area contributed by atoms with Gasteiger partial charge in [-0.15, -0.1) is 5.10 Å². The zero-order valence-electron chi connectivity index (χ0n) is 14.3. The Morgan fingerprint density at radius 2 is 2.04 bits per heavy atom. The molecule has 0 fully saturated rings. The van der Waals surface area contributed by atoms with Gasteiger partial charge in [0.25, 0.3) is 0 Å². The van der Waals surface area contributed by atoms with E-state index in [4.69, 9.17) is 4.74 Å². The van der Waals surface area contributed by atoms with Crippen LogP contribution in [0.3, 0.4) is 0 Å². The number of aromatic amines is 1. The third-order valence-corrected chi connectivity index (χ3v) is 5.17. The SMILES string of the molecule is COc1ccccc1-c1nc(SCC(=O)N2CCc3ccccc32)n[nH]1. The fourth-order valence-corrected chi connectivity index (χ4v) is 3.75. The van der Waals surface area contributed by atoms with Crippen LogP contribution < -0.4 is 9.64 Å². The highest BCUT2D eigenvalue weighted by Crippen LogP contribution is 2.30. The lowest BCUT2D eigenvalue weighted by atomic mass is 10.2. The monoisotopic (exact) mass is 366 g/mol. The molecule has 1 amide bonds. The highest BCUT2D eigenvalue weighted by atomic mass is 32.2. The average Bonchev–Trinajstić information content (AvgIpc) is 3.33. The smallest absolute Gasteiger partial charge is 0.237 e. The van der Waals surface area contributed by atoms with Crippen LogP contribution in [0.4, 0.5) is 5.69 Å². The number of H-pyrrole nitrogens is 1. The van der Waals surface area contributed by atoms with Crippen LogP contribution in [0, 0.1) is 0 Å². The average molecular weight is 366 g/mol. The molecule has 0 aliphatic carbocycles. The quantitative estimate of drug-likeness (QED) is 0.703. The summed E-state index contributed by atoms with van der Waals surface area (Å²) in [5.74, 6) is 1.73. The third-order valence-electron chi connectivity index (χ3n) is 4.34. The van der Waals surface area contributed by atoms with E-state index in [9.17, 15) is 4.79 Å². The van der Waals surface area contributed by atoms with Crippen molar-refractivity contribution in [2.45, 2.75) is 11.6 Å². The van der Waals surface area contributed by atoms with Gasteiger partial charge in [0.2, 0.25) is 11.1 Å². The second kappa shape index (κ2) is 7.21. The number of carbonyl (C=O) groups excluding carboxylic acids is 1. The highest BCUT2D eigenvalue weighted by Gasteiger charge is 2.24. The highest BCUT2D eigenvalue weighted by molar-refractivity contribution is 7.99. The van der Waals surface area contributed by atoms with Crippen LogP contribution in [0.25, 0.3) is 11.4 Å². The van der Waals surface area contributed by atoms with Gasteiger partial charge in [0.15, 0.2) is 5.82 Å². The molecule has 1 aromatic heterocycles. The Labute approximate surface area is 155 Å². The number of amides is 1. The molecule has 4 rings (SSSR count). The molecule has 6 nitrogen and oxygen atoms in total. The second-order valence-electron chi connectivity index (χ2n) is 5.88. The summed E-state index contributed by atoms with van der Waals surface area (Å²) in [5, 5.41) is 7.68. The maximum absolute atomic E-state index is 12.6. The van der Waals surface area contributed by atoms with E-state index >= 15 is 0 Å². The first-order valence-corrected chi connectivity index (χ1v) is 9.31. The summed E-state index contributed by atoms with van der Waals surface area (Å²) in [6.45, 7) is 0.735. The van der Waals surface area contributed by atoms with Gasteiger partial charge in [-0.3, -0.25) is 9.89 Å². The standard InChI is InChI=1S/C19H18N4O2S/c1-25-16-9-5-3-7-14(16)18-20-19(22-21-18)26-12-17(24)23-11-10-13-6-2-4-8-15(13)23/h2-9H,10-12H2,1H3,(H,20,21,22). The van der Waals surface area contributed by atoms with Crippen molar-refractivity contribution in [3.8, 4) is 17.1 Å². The van der Waals surface area contributed by atoms with Gasteiger partial charge in [-0.1, -0.05) is 42.1 Å². The van der Waals surface area contributed by atoms with Gasteiger partial charge in [0.05, 0.1) is 18.4 Å². The van der Waals surface area contributed by atoms with Gasteiger partial charge in [-0.25, -0.2) is 4.98 Å². The van der Waals surface area contributed by atoms with Crippen LogP contribution >= 0.6 is 11.8 Å². The predicted molar refractivity (Wildman–Crippen MR) is 102 cm³/mol. The minimum absolute atomic E-state index is 0.0728. The number of fused-ring (bicyclic) bond motifs is 1. The molecule has 2 heterocycles. The van der Waals surface area contributed by atoms with Gasteiger partial charge in [-0.05, 0) is 30.2 Å². The molecule has 1 aliphatic rings. The molecule has 7 heteroatoms. The van der Waals surface area contributed by atoms with Crippen molar-refractivity contribution >= 4 is 23.4 Å². The molecule has 26 heavy (non-hydrogen) atoms. The largest absolute Gasteiger partial charge is 0.496 e. The summed E-state index contributed by atoms with van der Waals surface area (Å²) in [7, 11) is 1.62. The first kappa shape index (κ1) is 16.7. The molecule has 0 saturated heterocycles. The Morgan fingerprint density at radius 3 is 2.92 bits per heavy atom. The number of thioether (sulfide) groups is 1. The Bertz CT molecular complexity index is 941. The molecular weight excluding hydrogens is 348 g/mol. The third kappa shape index (κ3) is 3.17. The Morgan fingerprint density at radius 1 is 1.23 bits per heavy atom. The van der Waals surface area contributed by atoms with Crippen molar-refractivity contribution in [2.75, 3.05) is 24.3 Å². The number of aromatic nitrogens is 3. The molecule has 0 spiro atoms. The number of ether oxygens (including phenoxy) is 1. The lowest BCUT2D eigenvalue weighted by Crippen LogP contribution is -2.30. The molecule has 0 unspecified atom stereocenters. The number of carbonyl (C=O) groups is 1. The number of rotatable bonds is 5. The van der Waals surface area contributed by atoms with Crippen molar-refractivity contribution in [1.82, 2.24) is 15.2 Å². The van der Waals surface area contributed by atoms with E-state index in [1.165, 1.54) is 17.3 Å². The molecular formula is C19H18N4O2S. The van der Waals surface area contributed by atoms with Crippen LogP contribution in [0.5, 0.6) is 5.75 Å². The van der Waals surface area contributed by atoms with Crippen LogP contribution in [-0.2, 0) is 11.2 Å². The zero-order valence-corrected chi connectivity index (χ0v) is 15.1. The Hall–Kier alpha value is -2.80. The number of benzene rings is 2. The first-order chi connectivity index (χ1) is 12.8. The molecule has 3 aromatic rings. The molecule has 0 atom stereocenters. The van der Waals surface area contributed by atoms with Gasteiger partial charge in [-0.2, -0.15) is 0 Å². The summed E-state index contributed by atoms with van der Waals surface area (Å²) in [6.07, 6.45) is 0.908. The Kier molecular flexibility index (Phi) is 4.62. The molecule has 0 saturated carbocycles. The summed E-state index contributed by atoms with van der Waals surface area (Å²) in [4.78, 5) is 18.9. The number of hydrogen-bond donors (Lipinski definition) is 1. The molecule has 2 aromatic carbocycles. The second-order valence-corrected chi connectivity index (χ2v) is 6.82. The normalized spacial score (nSPS) is 12.9. The van der Waals surface area contributed by atoms with Crippen LogP contribution in [0.2, 0.25) is 0 Å². The number of anilines is 1. The van der Waals surface area contributed by atoms with Crippen LogP contribution in [0.1, 0.15) is 5.56 Å². The summed E-state index contributed by atoms with van der Waals surface area (Å²) in [5.41, 5.74) is 3.08. The predicted octanol–water partition coefficient (Wildman–Crippen LogP) is 3.16. The zero-order chi connectivity index (χ0) is 17.9. The minimum atomic E-state index is 0.0728. The van der Waals surface area contributed by atoms with E-state index < -0.39 is 0 Å². The summed E-state index contributed by atoms with van der Waals surface area (Å²) < 4.78 is 5.35. The van der Waals surface area contributed by atoms with Gasteiger partial charge >= 0.3 is 0 Å².